The van der Waals surface area contributed by atoms with E-state index in [0.717, 1.165) is 49.9 Å². The van der Waals surface area contributed by atoms with Crippen LogP contribution in [0.4, 0.5) is 0 Å². The van der Waals surface area contributed by atoms with Crippen LogP contribution >= 0.6 is 0 Å². The van der Waals surface area contributed by atoms with Crippen LogP contribution in [0.2, 0.25) is 0 Å². The molecule has 0 saturated heterocycles. The highest BCUT2D eigenvalue weighted by Gasteiger charge is 2.29. The Morgan fingerprint density at radius 2 is 2.08 bits per heavy atom. The van der Waals surface area contributed by atoms with Gasteiger partial charge in [0.15, 0.2) is 17.3 Å². The van der Waals surface area contributed by atoms with E-state index in [1.807, 2.05) is 22.7 Å². The van der Waals surface area contributed by atoms with Crippen LogP contribution in [-0.4, -0.2) is 30.6 Å². The topological polar surface area (TPSA) is 98.2 Å². The highest BCUT2D eigenvalue weighted by Crippen LogP contribution is 2.39. The van der Waals surface area contributed by atoms with Crippen LogP contribution in [0, 0.1) is 5.92 Å². The second-order valence-electron chi connectivity index (χ2n) is 7.16. The lowest BCUT2D eigenvalue weighted by Gasteiger charge is -2.09. The molecule has 1 amide bonds. The van der Waals surface area contributed by atoms with Crippen molar-refractivity contribution in [1.29, 1.82) is 0 Å². The summed E-state index contributed by atoms with van der Waals surface area (Å²) in [6, 6.07) is 3.80. The summed E-state index contributed by atoms with van der Waals surface area (Å²) in [6.07, 6.45) is 8.38. The number of hydrogen-bond donors (Lipinski definition) is 1. The summed E-state index contributed by atoms with van der Waals surface area (Å²) in [6.45, 7) is 0.358. The van der Waals surface area contributed by atoms with Crippen molar-refractivity contribution in [2.24, 2.45) is 5.92 Å². The van der Waals surface area contributed by atoms with Gasteiger partial charge in [-0.2, -0.15) is 4.98 Å². The highest BCUT2D eigenvalue weighted by molar-refractivity contribution is 5.78. The summed E-state index contributed by atoms with van der Waals surface area (Å²) in [5.74, 6) is 2.61. The Labute approximate surface area is 150 Å². The molecular weight excluding hydrogens is 332 g/mol. The average molecular weight is 352 g/mol. The Balaban J connectivity index is 1.38. The molecule has 8 nitrogen and oxygen atoms in total. The molecule has 0 spiro atoms. The molecule has 2 aliphatic carbocycles. The predicted octanol–water partition coefficient (Wildman–Crippen LogP) is 2.46. The highest BCUT2D eigenvalue weighted by atomic mass is 16.5. The Bertz CT molecular complexity index is 952. The lowest BCUT2D eigenvalue weighted by atomic mass is 10.1. The predicted molar refractivity (Wildman–Crippen MR) is 92.1 cm³/mol. The smallest absolute Gasteiger partial charge is 0.261 e. The minimum Gasteiger partial charge on any atom is -0.349 e. The molecule has 0 aliphatic heterocycles. The van der Waals surface area contributed by atoms with Crippen molar-refractivity contribution in [1.82, 2.24) is 30.1 Å². The van der Waals surface area contributed by atoms with Crippen molar-refractivity contribution in [3.63, 3.8) is 0 Å². The number of pyridine rings is 1. The van der Waals surface area contributed by atoms with Crippen molar-refractivity contribution < 1.29 is 9.32 Å². The normalized spacial score (nSPS) is 17.8. The van der Waals surface area contributed by atoms with Gasteiger partial charge in [-0.1, -0.05) is 18.0 Å². The SMILES string of the molecule is O=C(NCc1nnc2c(-c3nc(C4CC4)no3)cccn12)C1CCCC1. The van der Waals surface area contributed by atoms with Crippen LogP contribution in [0.25, 0.3) is 17.1 Å². The second kappa shape index (κ2) is 6.19. The summed E-state index contributed by atoms with van der Waals surface area (Å²) in [5.41, 5.74) is 1.41. The first kappa shape index (κ1) is 15.5. The van der Waals surface area contributed by atoms with Gasteiger partial charge in [-0.15, -0.1) is 10.2 Å². The van der Waals surface area contributed by atoms with E-state index in [-0.39, 0.29) is 11.8 Å². The van der Waals surface area contributed by atoms with E-state index in [0.29, 0.717) is 29.8 Å². The summed E-state index contributed by atoms with van der Waals surface area (Å²) in [7, 11) is 0. The third-order valence-corrected chi connectivity index (χ3v) is 5.27. The van der Waals surface area contributed by atoms with Gasteiger partial charge in [0.2, 0.25) is 5.91 Å². The largest absolute Gasteiger partial charge is 0.349 e. The van der Waals surface area contributed by atoms with Crippen molar-refractivity contribution in [2.45, 2.75) is 51.0 Å². The minimum atomic E-state index is 0.112. The van der Waals surface area contributed by atoms with Crippen molar-refractivity contribution in [3.8, 4) is 11.5 Å². The molecule has 3 aromatic rings. The monoisotopic (exact) mass is 352 g/mol. The van der Waals surface area contributed by atoms with Gasteiger partial charge in [-0.05, 0) is 37.8 Å². The molecule has 5 rings (SSSR count). The third kappa shape index (κ3) is 2.75. The maximum Gasteiger partial charge on any atom is 0.261 e. The van der Waals surface area contributed by atoms with Gasteiger partial charge >= 0.3 is 0 Å². The van der Waals surface area contributed by atoms with Crippen LogP contribution in [-0.2, 0) is 11.3 Å². The zero-order valence-corrected chi connectivity index (χ0v) is 14.4. The van der Waals surface area contributed by atoms with Gasteiger partial charge in [0.1, 0.15) is 0 Å². The average Bonchev–Trinajstić information content (AvgIpc) is 3.10. The summed E-state index contributed by atoms with van der Waals surface area (Å²) < 4.78 is 7.29. The summed E-state index contributed by atoms with van der Waals surface area (Å²) >= 11 is 0. The number of fused-ring (bicyclic) bond motifs is 1. The third-order valence-electron chi connectivity index (χ3n) is 5.27. The lowest BCUT2D eigenvalue weighted by Crippen LogP contribution is -2.29. The molecule has 2 fully saturated rings. The molecular formula is C18H20N6O2. The Morgan fingerprint density at radius 3 is 2.88 bits per heavy atom. The Hall–Kier alpha value is -2.77. The van der Waals surface area contributed by atoms with Crippen LogP contribution in [0.3, 0.4) is 0 Å². The van der Waals surface area contributed by atoms with Gasteiger partial charge < -0.3 is 9.84 Å². The van der Waals surface area contributed by atoms with E-state index in [4.69, 9.17) is 4.52 Å². The van der Waals surface area contributed by atoms with Gasteiger partial charge in [0, 0.05) is 18.0 Å². The van der Waals surface area contributed by atoms with E-state index < -0.39 is 0 Å². The van der Waals surface area contributed by atoms with Gasteiger partial charge in [0.25, 0.3) is 5.89 Å². The first-order valence-corrected chi connectivity index (χ1v) is 9.24. The molecule has 2 saturated carbocycles. The van der Waals surface area contributed by atoms with Crippen LogP contribution in [0.1, 0.15) is 56.1 Å². The van der Waals surface area contributed by atoms with Crippen molar-refractivity contribution in [2.75, 3.05) is 0 Å². The zero-order valence-electron chi connectivity index (χ0n) is 14.4. The fourth-order valence-corrected chi connectivity index (χ4v) is 3.60. The molecule has 0 aromatic carbocycles. The number of carbonyl (C=O) groups excluding carboxylic acids is 1. The zero-order chi connectivity index (χ0) is 17.5. The maximum absolute atomic E-state index is 12.2. The second-order valence-corrected chi connectivity index (χ2v) is 7.16. The fraction of sp³-hybridized carbons (Fsp3) is 0.500. The number of rotatable bonds is 5. The van der Waals surface area contributed by atoms with E-state index in [9.17, 15) is 4.79 Å². The molecule has 1 N–H and O–H groups in total. The van der Waals surface area contributed by atoms with Crippen molar-refractivity contribution >= 4 is 11.6 Å². The van der Waals surface area contributed by atoms with Gasteiger partial charge in [-0.3, -0.25) is 9.20 Å². The molecule has 0 atom stereocenters. The Kier molecular flexibility index (Phi) is 3.69. The van der Waals surface area contributed by atoms with E-state index >= 15 is 0 Å². The maximum atomic E-state index is 12.2. The Morgan fingerprint density at radius 1 is 1.23 bits per heavy atom. The van der Waals surface area contributed by atoms with Gasteiger partial charge in [0.05, 0.1) is 12.1 Å². The first-order chi connectivity index (χ1) is 12.8. The van der Waals surface area contributed by atoms with Crippen LogP contribution < -0.4 is 5.32 Å². The molecule has 0 unspecified atom stereocenters. The van der Waals surface area contributed by atoms with E-state index in [2.05, 4.69) is 25.7 Å². The number of nitrogens with one attached hydrogen (secondary N) is 1. The first-order valence-electron chi connectivity index (χ1n) is 9.24. The number of carbonyl (C=O) groups is 1. The number of nitrogens with zero attached hydrogens (tertiary/aromatic N) is 5. The quantitative estimate of drug-likeness (QED) is 0.757. The van der Waals surface area contributed by atoms with Crippen LogP contribution in [0.15, 0.2) is 22.9 Å². The minimum absolute atomic E-state index is 0.112. The number of amides is 1. The fourth-order valence-electron chi connectivity index (χ4n) is 3.60. The molecule has 2 aliphatic rings. The molecule has 3 aromatic heterocycles. The number of hydrogen-bond acceptors (Lipinski definition) is 6. The number of aromatic nitrogens is 5. The van der Waals surface area contributed by atoms with Crippen LogP contribution in [0.5, 0.6) is 0 Å². The molecule has 0 bridgehead atoms. The summed E-state index contributed by atoms with van der Waals surface area (Å²) in [5, 5.41) is 15.6. The summed E-state index contributed by atoms with van der Waals surface area (Å²) in [4.78, 5) is 16.7. The van der Waals surface area contributed by atoms with Gasteiger partial charge in [-0.25, -0.2) is 0 Å². The molecule has 0 radical (unpaired) electrons. The van der Waals surface area contributed by atoms with Crippen molar-refractivity contribution in [3.05, 3.63) is 30.0 Å². The lowest BCUT2D eigenvalue weighted by molar-refractivity contribution is -0.125. The molecule has 8 heteroatoms. The molecule has 134 valence electrons. The molecule has 3 heterocycles. The standard InChI is InChI=1S/C18H20N6O2/c25-17(12-4-1-2-5-12)19-10-14-21-22-16-13(6-3-9-24(14)16)18-20-15(23-26-18)11-7-8-11/h3,6,9,11-12H,1-2,4-5,7-8,10H2,(H,19,25). The molecule has 26 heavy (non-hydrogen) atoms. The van der Waals surface area contributed by atoms with E-state index in [1.54, 1.807) is 0 Å². The van der Waals surface area contributed by atoms with E-state index in [1.165, 1.54) is 0 Å².